The molecule has 1 aliphatic rings. The molecule has 0 unspecified atom stereocenters. The second-order valence-electron chi connectivity index (χ2n) is 5.67. The number of hydrogen-bond donors (Lipinski definition) is 1. The monoisotopic (exact) mass is 349 g/mol. The quantitative estimate of drug-likeness (QED) is 0.893. The number of hydrogen-bond acceptors (Lipinski definition) is 5. The smallest absolute Gasteiger partial charge is 0.308 e. The van der Waals surface area contributed by atoms with E-state index in [1.165, 1.54) is 4.80 Å². The number of rotatable bonds is 4. The molecule has 0 bridgehead atoms. The first-order valence-electron chi connectivity index (χ1n) is 7.57. The topological polar surface area (TPSA) is 101 Å². The van der Waals surface area contributed by atoms with Crippen molar-refractivity contribution in [2.45, 2.75) is 19.4 Å². The van der Waals surface area contributed by atoms with Crippen molar-refractivity contribution in [2.75, 3.05) is 13.1 Å². The summed E-state index contributed by atoms with van der Waals surface area (Å²) in [6, 6.07) is 6.99. The van der Waals surface area contributed by atoms with Crippen LogP contribution in [0.4, 0.5) is 0 Å². The predicted molar refractivity (Wildman–Crippen MR) is 85.2 cm³/mol. The van der Waals surface area contributed by atoms with E-state index >= 15 is 0 Å². The Bertz CT molecular complexity index is 746. The molecule has 1 aromatic heterocycles. The lowest BCUT2D eigenvalue weighted by Gasteiger charge is -2.30. The summed E-state index contributed by atoms with van der Waals surface area (Å²) in [5, 5.41) is 21.7. The molecule has 1 aromatic carbocycles. The van der Waals surface area contributed by atoms with E-state index < -0.39 is 11.9 Å². The lowest BCUT2D eigenvalue weighted by molar-refractivity contribution is -0.145. The zero-order chi connectivity index (χ0) is 17.1. The predicted octanol–water partition coefficient (Wildman–Crippen LogP) is 1.32. The van der Waals surface area contributed by atoms with Crippen LogP contribution in [-0.4, -0.2) is 55.2 Å². The Balaban J connectivity index is 1.65. The van der Waals surface area contributed by atoms with Crippen LogP contribution in [0.5, 0.6) is 0 Å². The van der Waals surface area contributed by atoms with Crippen molar-refractivity contribution in [1.82, 2.24) is 25.1 Å². The summed E-state index contributed by atoms with van der Waals surface area (Å²) in [5.41, 5.74) is 0.752. The van der Waals surface area contributed by atoms with E-state index in [0.717, 1.165) is 5.56 Å². The normalized spacial score (nSPS) is 17.7. The van der Waals surface area contributed by atoms with Gasteiger partial charge in [-0.3, -0.25) is 9.59 Å². The van der Waals surface area contributed by atoms with E-state index in [4.69, 9.17) is 16.7 Å². The van der Waals surface area contributed by atoms with Gasteiger partial charge in [-0.2, -0.15) is 4.80 Å². The molecule has 0 spiro atoms. The second kappa shape index (κ2) is 6.96. The highest BCUT2D eigenvalue weighted by atomic mass is 35.5. The third-order valence-corrected chi connectivity index (χ3v) is 4.21. The number of carboxylic acid groups (broad SMARTS) is 1. The van der Waals surface area contributed by atoms with E-state index in [-0.39, 0.29) is 19.0 Å². The van der Waals surface area contributed by atoms with Gasteiger partial charge in [-0.1, -0.05) is 11.6 Å². The number of piperidine rings is 1. The lowest BCUT2D eigenvalue weighted by atomic mass is 9.98. The molecular formula is C15H16ClN5O3. The molecule has 24 heavy (non-hydrogen) atoms. The van der Waals surface area contributed by atoms with Crippen molar-refractivity contribution in [3.05, 3.63) is 29.3 Å². The number of benzene rings is 1. The molecule has 1 amide bonds. The molecular weight excluding hydrogens is 334 g/mol. The van der Waals surface area contributed by atoms with Crippen LogP contribution in [0, 0.1) is 5.92 Å². The van der Waals surface area contributed by atoms with E-state index in [9.17, 15) is 9.59 Å². The first-order chi connectivity index (χ1) is 11.5. The van der Waals surface area contributed by atoms with Crippen LogP contribution in [0.3, 0.4) is 0 Å². The number of carboxylic acids is 1. The number of aliphatic carboxylic acids is 1. The summed E-state index contributed by atoms with van der Waals surface area (Å²) < 4.78 is 0. The largest absolute Gasteiger partial charge is 0.481 e. The van der Waals surface area contributed by atoms with Gasteiger partial charge in [0.15, 0.2) is 0 Å². The number of carbonyl (C=O) groups excluding carboxylic acids is 1. The summed E-state index contributed by atoms with van der Waals surface area (Å²) in [4.78, 5) is 26.2. The molecule has 0 saturated carbocycles. The SMILES string of the molecule is O=C(O)[C@@H]1CCCN(C(=O)Cn2nnc(-c3ccc(Cl)cc3)n2)C1. The van der Waals surface area contributed by atoms with Crippen LogP contribution < -0.4 is 0 Å². The standard InChI is InChI=1S/C15H16ClN5O3/c16-12-5-3-10(4-6-12)14-17-19-21(18-14)9-13(22)20-7-1-2-11(8-20)15(23)24/h3-6,11H,1-2,7-9H2,(H,23,24)/t11-/m1/s1. The maximum absolute atomic E-state index is 12.3. The number of likely N-dealkylation sites (tertiary alicyclic amines) is 1. The summed E-state index contributed by atoms with van der Waals surface area (Å²) in [6.07, 6.45) is 1.28. The molecule has 1 fully saturated rings. The van der Waals surface area contributed by atoms with Gasteiger partial charge in [0.1, 0.15) is 6.54 Å². The zero-order valence-corrected chi connectivity index (χ0v) is 13.6. The fraction of sp³-hybridized carbons (Fsp3) is 0.400. The molecule has 2 aromatic rings. The van der Waals surface area contributed by atoms with Gasteiger partial charge in [-0.25, -0.2) is 0 Å². The lowest BCUT2D eigenvalue weighted by Crippen LogP contribution is -2.43. The maximum Gasteiger partial charge on any atom is 0.308 e. The molecule has 1 N–H and O–H groups in total. The Morgan fingerprint density at radius 1 is 1.29 bits per heavy atom. The van der Waals surface area contributed by atoms with Crippen LogP contribution in [0.1, 0.15) is 12.8 Å². The Morgan fingerprint density at radius 3 is 2.75 bits per heavy atom. The molecule has 1 saturated heterocycles. The number of amides is 1. The van der Waals surface area contributed by atoms with E-state index in [1.54, 1.807) is 29.2 Å². The van der Waals surface area contributed by atoms with Crippen molar-refractivity contribution < 1.29 is 14.7 Å². The van der Waals surface area contributed by atoms with Crippen LogP contribution in [0.2, 0.25) is 5.02 Å². The van der Waals surface area contributed by atoms with Crippen LogP contribution >= 0.6 is 11.6 Å². The minimum absolute atomic E-state index is 0.0626. The first kappa shape index (κ1) is 16.4. The fourth-order valence-corrected chi connectivity index (χ4v) is 2.78. The summed E-state index contributed by atoms with van der Waals surface area (Å²) >= 11 is 5.84. The third kappa shape index (κ3) is 3.70. The number of nitrogens with zero attached hydrogens (tertiary/aromatic N) is 5. The van der Waals surface area contributed by atoms with Crippen LogP contribution in [-0.2, 0) is 16.1 Å². The van der Waals surface area contributed by atoms with Gasteiger partial charge in [0.2, 0.25) is 11.7 Å². The van der Waals surface area contributed by atoms with Crippen molar-refractivity contribution in [3.63, 3.8) is 0 Å². The van der Waals surface area contributed by atoms with E-state index in [2.05, 4.69) is 15.4 Å². The van der Waals surface area contributed by atoms with Crippen molar-refractivity contribution >= 4 is 23.5 Å². The summed E-state index contributed by atoms with van der Waals surface area (Å²) in [6.45, 7) is 0.723. The zero-order valence-electron chi connectivity index (χ0n) is 12.8. The molecule has 8 nitrogen and oxygen atoms in total. The Kier molecular flexibility index (Phi) is 4.75. The molecule has 126 valence electrons. The number of halogens is 1. The fourth-order valence-electron chi connectivity index (χ4n) is 2.65. The molecule has 1 atom stereocenters. The van der Waals surface area contributed by atoms with Gasteiger partial charge in [-0.05, 0) is 42.3 Å². The van der Waals surface area contributed by atoms with Gasteiger partial charge in [0.25, 0.3) is 0 Å². The number of aromatic nitrogens is 4. The molecule has 3 rings (SSSR count). The highest BCUT2D eigenvalue weighted by Gasteiger charge is 2.28. The van der Waals surface area contributed by atoms with Crippen LogP contribution in [0.25, 0.3) is 11.4 Å². The molecule has 0 aliphatic carbocycles. The van der Waals surface area contributed by atoms with Gasteiger partial charge < -0.3 is 10.0 Å². The molecule has 9 heteroatoms. The van der Waals surface area contributed by atoms with Gasteiger partial charge in [0.05, 0.1) is 5.92 Å². The van der Waals surface area contributed by atoms with Gasteiger partial charge >= 0.3 is 5.97 Å². The highest BCUT2D eigenvalue weighted by Crippen LogP contribution is 2.18. The number of tetrazole rings is 1. The Hall–Kier alpha value is -2.48. The first-order valence-corrected chi connectivity index (χ1v) is 7.95. The van der Waals surface area contributed by atoms with Crippen molar-refractivity contribution in [1.29, 1.82) is 0 Å². The third-order valence-electron chi connectivity index (χ3n) is 3.96. The average Bonchev–Trinajstić information content (AvgIpc) is 3.04. The Labute approximate surface area is 143 Å². The van der Waals surface area contributed by atoms with E-state index in [0.29, 0.717) is 30.2 Å². The number of carbonyl (C=O) groups is 2. The summed E-state index contributed by atoms with van der Waals surface area (Å²) in [7, 11) is 0. The average molecular weight is 350 g/mol. The van der Waals surface area contributed by atoms with Crippen molar-refractivity contribution in [2.24, 2.45) is 5.92 Å². The van der Waals surface area contributed by atoms with Crippen LogP contribution in [0.15, 0.2) is 24.3 Å². The maximum atomic E-state index is 12.3. The van der Waals surface area contributed by atoms with Gasteiger partial charge in [-0.15, -0.1) is 10.2 Å². The highest BCUT2D eigenvalue weighted by molar-refractivity contribution is 6.30. The van der Waals surface area contributed by atoms with E-state index in [1.807, 2.05) is 0 Å². The molecule has 1 aliphatic heterocycles. The molecule has 0 radical (unpaired) electrons. The van der Waals surface area contributed by atoms with Gasteiger partial charge in [0, 0.05) is 23.7 Å². The van der Waals surface area contributed by atoms with Crippen molar-refractivity contribution in [3.8, 4) is 11.4 Å². The second-order valence-corrected chi connectivity index (χ2v) is 6.10. The minimum Gasteiger partial charge on any atom is -0.481 e. The Morgan fingerprint density at radius 2 is 2.04 bits per heavy atom. The molecule has 2 heterocycles. The summed E-state index contributed by atoms with van der Waals surface area (Å²) in [5.74, 6) is -1.17. The minimum atomic E-state index is -0.864.